The van der Waals surface area contributed by atoms with Crippen LogP contribution in [0.25, 0.3) is 0 Å². The van der Waals surface area contributed by atoms with Gasteiger partial charge in [-0.3, -0.25) is 14.4 Å². The van der Waals surface area contributed by atoms with E-state index in [-0.39, 0.29) is 6.42 Å². The fourth-order valence-corrected chi connectivity index (χ4v) is 1.63. The number of rotatable bonds is 6. The highest BCUT2D eigenvalue weighted by molar-refractivity contribution is 5.88. The second-order valence-electron chi connectivity index (χ2n) is 4.32. The number of hydrogen-bond acceptors (Lipinski definition) is 5. The zero-order valence-corrected chi connectivity index (χ0v) is 11.5. The van der Waals surface area contributed by atoms with Crippen molar-refractivity contribution in [3.8, 4) is 6.07 Å². The Hall–Kier alpha value is -2.88. The predicted octanol–water partition coefficient (Wildman–Crippen LogP) is -0.366. The molecule has 0 aromatic heterocycles. The van der Waals surface area contributed by atoms with Crippen molar-refractivity contribution in [2.24, 2.45) is 5.73 Å². The van der Waals surface area contributed by atoms with Crippen LogP contribution < -0.4 is 11.1 Å². The molecular formula is C14H15N3O4. The number of esters is 1. The number of ether oxygens (including phenoxy) is 1. The highest BCUT2D eigenvalue weighted by Gasteiger charge is 2.19. The first-order valence-electron chi connectivity index (χ1n) is 6.13. The van der Waals surface area contributed by atoms with Crippen LogP contribution in [0.3, 0.4) is 0 Å². The molecule has 1 aromatic rings. The molecule has 0 aliphatic carbocycles. The molecule has 21 heavy (non-hydrogen) atoms. The first kappa shape index (κ1) is 16.2. The number of primary amides is 1. The summed E-state index contributed by atoms with van der Waals surface area (Å²) < 4.78 is 4.52. The molecule has 0 heterocycles. The van der Waals surface area contributed by atoms with Crippen LogP contribution in [0.2, 0.25) is 0 Å². The first-order valence-corrected chi connectivity index (χ1v) is 6.13. The molecule has 1 atom stereocenters. The van der Waals surface area contributed by atoms with Crippen LogP contribution in [-0.2, 0) is 25.5 Å². The summed E-state index contributed by atoms with van der Waals surface area (Å²) in [7, 11) is 0. The van der Waals surface area contributed by atoms with Gasteiger partial charge in [0.05, 0.1) is 11.6 Å². The van der Waals surface area contributed by atoms with Gasteiger partial charge >= 0.3 is 5.97 Å². The zero-order chi connectivity index (χ0) is 15.8. The topological polar surface area (TPSA) is 122 Å². The van der Waals surface area contributed by atoms with E-state index in [4.69, 9.17) is 11.0 Å². The molecule has 3 N–H and O–H groups in total. The van der Waals surface area contributed by atoms with Crippen molar-refractivity contribution < 1.29 is 19.1 Å². The van der Waals surface area contributed by atoms with Gasteiger partial charge in [0.25, 0.3) is 5.91 Å². The Kier molecular flexibility index (Phi) is 5.89. The van der Waals surface area contributed by atoms with Crippen molar-refractivity contribution in [3.05, 3.63) is 35.4 Å². The molecule has 0 aliphatic rings. The Morgan fingerprint density at radius 2 is 2.14 bits per heavy atom. The van der Waals surface area contributed by atoms with Gasteiger partial charge in [0, 0.05) is 13.3 Å². The summed E-state index contributed by atoms with van der Waals surface area (Å²) >= 11 is 0. The molecule has 7 nitrogen and oxygen atoms in total. The fourth-order valence-electron chi connectivity index (χ4n) is 1.63. The largest absolute Gasteiger partial charge is 0.456 e. The Balaban J connectivity index is 2.69. The van der Waals surface area contributed by atoms with E-state index in [1.165, 1.54) is 6.92 Å². The minimum atomic E-state index is -0.943. The Morgan fingerprint density at radius 1 is 1.43 bits per heavy atom. The van der Waals surface area contributed by atoms with Gasteiger partial charge in [-0.1, -0.05) is 12.1 Å². The number of nitrogens with two attached hydrogens (primary N) is 1. The molecule has 1 rings (SSSR count). The molecule has 0 unspecified atom stereocenters. The number of amides is 2. The minimum Gasteiger partial charge on any atom is -0.456 e. The quantitative estimate of drug-likeness (QED) is 0.692. The van der Waals surface area contributed by atoms with E-state index >= 15 is 0 Å². The molecule has 0 saturated heterocycles. The normalized spacial score (nSPS) is 11.0. The summed E-state index contributed by atoms with van der Waals surface area (Å²) in [6.45, 7) is 0.698. The van der Waals surface area contributed by atoms with Crippen LogP contribution in [0.5, 0.6) is 0 Å². The van der Waals surface area contributed by atoms with Gasteiger partial charge in [0.15, 0.2) is 6.61 Å². The van der Waals surface area contributed by atoms with Crippen LogP contribution in [0.15, 0.2) is 24.3 Å². The van der Waals surface area contributed by atoms with Crippen LogP contribution in [0.4, 0.5) is 0 Å². The number of nitriles is 1. The SMILES string of the molecule is CC(=O)OCC(=O)N[C@H](Cc1cccc(C#N)c1)C(N)=O. The maximum Gasteiger partial charge on any atom is 0.303 e. The summed E-state index contributed by atoms with van der Waals surface area (Å²) in [6.07, 6.45) is 0.149. The highest BCUT2D eigenvalue weighted by Crippen LogP contribution is 2.07. The average Bonchev–Trinajstić information content (AvgIpc) is 2.44. The summed E-state index contributed by atoms with van der Waals surface area (Å²) in [5, 5.41) is 11.2. The third-order valence-corrected chi connectivity index (χ3v) is 2.58. The lowest BCUT2D eigenvalue weighted by Gasteiger charge is -2.15. The highest BCUT2D eigenvalue weighted by atomic mass is 16.5. The summed E-state index contributed by atoms with van der Waals surface area (Å²) in [5.41, 5.74) is 6.36. The first-order chi connectivity index (χ1) is 9.92. The monoisotopic (exact) mass is 289 g/mol. The molecule has 0 spiro atoms. The van der Waals surface area contributed by atoms with E-state index in [0.717, 1.165) is 0 Å². The molecular weight excluding hydrogens is 274 g/mol. The number of nitrogens with one attached hydrogen (secondary N) is 1. The predicted molar refractivity (Wildman–Crippen MR) is 72.6 cm³/mol. The Bertz CT molecular complexity index is 592. The second kappa shape index (κ2) is 7.65. The number of benzene rings is 1. The van der Waals surface area contributed by atoms with Crippen molar-refractivity contribution in [1.29, 1.82) is 5.26 Å². The van der Waals surface area contributed by atoms with E-state index in [9.17, 15) is 14.4 Å². The van der Waals surface area contributed by atoms with Gasteiger partial charge in [0.1, 0.15) is 6.04 Å². The zero-order valence-electron chi connectivity index (χ0n) is 11.5. The second-order valence-corrected chi connectivity index (χ2v) is 4.32. The third kappa shape index (κ3) is 5.74. The van der Waals surface area contributed by atoms with Gasteiger partial charge < -0.3 is 15.8 Å². The van der Waals surface area contributed by atoms with E-state index in [2.05, 4.69) is 10.1 Å². The minimum absolute atomic E-state index is 0.149. The van der Waals surface area contributed by atoms with Crippen LogP contribution in [0, 0.1) is 11.3 Å². The van der Waals surface area contributed by atoms with Crippen molar-refractivity contribution >= 4 is 17.8 Å². The Morgan fingerprint density at radius 3 is 2.71 bits per heavy atom. The van der Waals surface area contributed by atoms with E-state index in [1.54, 1.807) is 24.3 Å². The van der Waals surface area contributed by atoms with Crippen molar-refractivity contribution in [2.45, 2.75) is 19.4 Å². The smallest absolute Gasteiger partial charge is 0.303 e. The molecule has 0 saturated carbocycles. The molecule has 2 amide bonds. The number of carbonyl (C=O) groups is 3. The van der Waals surface area contributed by atoms with Crippen LogP contribution in [0.1, 0.15) is 18.1 Å². The lowest BCUT2D eigenvalue weighted by atomic mass is 10.0. The number of carbonyl (C=O) groups excluding carboxylic acids is 3. The molecule has 0 bridgehead atoms. The molecule has 7 heteroatoms. The van der Waals surface area contributed by atoms with E-state index in [1.807, 2.05) is 6.07 Å². The van der Waals surface area contributed by atoms with Gasteiger partial charge in [-0.05, 0) is 17.7 Å². The van der Waals surface area contributed by atoms with Crippen LogP contribution in [-0.4, -0.2) is 30.4 Å². The van der Waals surface area contributed by atoms with Gasteiger partial charge in [-0.15, -0.1) is 0 Å². The third-order valence-electron chi connectivity index (χ3n) is 2.58. The molecule has 1 aromatic carbocycles. The van der Waals surface area contributed by atoms with Gasteiger partial charge in [-0.2, -0.15) is 5.26 Å². The van der Waals surface area contributed by atoms with Crippen molar-refractivity contribution in [2.75, 3.05) is 6.61 Å². The summed E-state index contributed by atoms with van der Waals surface area (Å²) in [6, 6.07) is 7.66. The van der Waals surface area contributed by atoms with Crippen molar-refractivity contribution in [3.63, 3.8) is 0 Å². The van der Waals surface area contributed by atoms with Crippen molar-refractivity contribution in [1.82, 2.24) is 5.32 Å². The van der Waals surface area contributed by atoms with Crippen LogP contribution >= 0.6 is 0 Å². The molecule has 110 valence electrons. The standard InChI is InChI=1S/C14H15N3O4/c1-9(18)21-8-13(19)17-12(14(16)20)6-10-3-2-4-11(5-10)7-15/h2-5,12H,6,8H2,1H3,(H2,16,20)(H,17,19)/t12-/m1/s1. The lowest BCUT2D eigenvalue weighted by Crippen LogP contribution is -2.47. The molecule has 0 fully saturated rings. The van der Waals surface area contributed by atoms with Gasteiger partial charge in [-0.25, -0.2) is 0 Å². The number of nitrogens with zero attached hydrogens (tertiary/aromatic N) is 1. The fraction of sp³-hybridized carbons (Fsp3) is 0.286. The number of hydrogen-bond donors (Lipinski definition) is 2. The Labute approximate surface area is 121 Å². The summed E-state index contributed by atoms with van der Waals surface area (Å²) in [4.78, 5) is 33.5. The average molecular weight is 289 g/mol. The molecule has 0 radical (unpaired) electrons. The van der Waals surface area contributed by atoms with E-state index < -0.39 is 30.4 Å². The maximum absolute atomic E-state index is 11.5. The van der Waals surface area contributed by atoms with E-state index in [0.29, 0.717) is 11.1 Å². The van der Waals surface area contributed by atoms with Gasteiger partial charge in [0.2, 0.25) is 5.91 Å². The summed E-state index contributed by atoms with van der Waals surface area (Å²) in [5.74, 6) is -1.93. The maximum atomic E-state index is 11.5. The molecule has 0 aliphatic heterocycles. The lowest BCUT2D eigenvalue weighted by molar-refractivity contribution is -0.146.